The Bertz CT molecular complexity index is 894. The molecule has 0 aliphatic carbocycles. The van der Waals surface area contributed by atoms with Crippen LogP contribution < -0.4 is 4.90 Å². The number of benzene rings is 1. The third kappa shape index (κ3) is 2.89. The second-order valence-electron chi connectivity index (χ2n) is 5.01. The van der Waals surface area contributed by atoms with Gasteiger partial charge in [-0.1, -0.05) is 6.07 Å². The van der Waals surface area contributed by atoms with Crippen molar-refractivity contribution >= 4 is 39.4 Å². The third-order valence-electron chi connectivity index (χ3n) is 3.43. The van der Waals surface area contributed by atoms with E-state index in [1.54, 1.807) is 36.7 Å². The van der Waals surface area contributed by atoms with Crippen LogP contribution in [0.3, 0.4) is 0 Å². The van der Waals surface area contributed by atoms with Crippen molar-refractivity contribution in [2.75, 3.05) is 18.0 Å². The van der Waals surface area contributed by atoms with Gasteiger partial charge in [-0.05, 0) is 24.3 Å². The van der Waals surface area contributed by atoms with E-state index in [0.29, 0.717) is 22.1 Å². The summed E-state index contributed by atoms with van der Waals surface area (Å²) in [6, 6.07) is 8.85. The first-order chi connectivity index (χ1) is 11.1. The molecule has 0 fully saturated rings. The van der Waals surface area contributed by atoms with Crippen molar-refractivity contribution in [1.82, 2.24) is 9.97 Å². The fraction of sp³-hybridized carbons (Fsp3) is 0.125. The molecule has 7 heteroatoms. The first kappa shape index (κ1) is 14.7. The number of pyridine rings is 2. The van der Waals surface area contributed by atoms with E-state index in [0.717, 1.165) is 5.39 Å². The lowest BCUT2D eigenvalue weighted by molar-refractivity contribution is -0.136. The van der Waals surface area contributed by atoms with Crippen molar-refractivity contribution in [1.29, 1.82) is 0 Å². The van der Waals surface area contributed by atoms with Crippen molar-refractivity contribution in [3.63, 3.8) is 0 Å². The van der Waals surface area contributed by atoms with Crippen molar-refractivity contribution < 1.29 is 19.8 Å². The van der Waals surface area contributed by atoms with Gasteiger partial charge in [0.2, 0.25) is 0 Å². The van der Waals surface area contributed by atoms with Gasteiger partial charge in [-0.3, -0.25) is 19.6 Å². The maximum Gasteiger partial charge on any atom is 0.323 e. The van der Waals surface area contributed by atoms with Crippen molar-refractivity contribution in [2.45, 2.75) is 0 Å². The van der Waals surface area contributed by atoms with E-state index < -0.39 is 25.0 Å². The first-order valence-corrected chi connectivity index (χ1v) is 6.87. The van der Waals surface area contributed by atoms with Crippen LogP contribution >= 0.6 is 0 Å². The van der Waals surface area contributed by atoms with Crippen LogP contribution in [-0.2, 0) is 9.59 Å². The van der Waals surface area contributed by atoms with E-state index in [-0.39, 0.29) is 0 Å². The average Bonchev–Trinajstić information content (AvgIpc) is 2.52. The lowest BCUT2D eigenvalue weighted by atomic mass is 10.1. The number of carboxylic acids is 2. The second kappa shape index (κ2) is 5.88. The fourth-order valence-corrected chi connectivity index (χ4v) is 2.57. The molecule has 0 amide bonds. The van der Waals surface area contributed by atoms with E-state index in [1.807, 2.05) is 6.07 Å². The number of fused-ring (bicyclic) bond motifs is 3. The van der Waals surface area contributed by atoms with Gasteiger partial charge in [0, 0.05) is 28.9 Å². The molecule has 0 aliphatic heterocycles. The third-order valence-corrected chi connectivity index (χ3v) is 3.43. The Kier molecular flexibility index (Phi) is 3.76. The van der Waals surface area contributed by atoms with Gasteiger partial charge in [-0.15, -0.1) is 0 Å². The second-order valence-corrected chi connectivity index (χ2v) is 5.01. The Balaban J connectivity index is 2.28. The Morgan fingerprint density at radius 1 is 0.957 bits per heavy atom. The minimum atomic E-state index is -1.10. The van der Waals surface area contributed by atoms with Crippen LogP contribution in [0, 0.1) is 0 Å². The molecule has 0 spiro atoms. The summed E-state index contributed by atoms with van der Waals surface area (Å²) in [5.74, 6) is -2.20. The van der Waals surface area contributed by atoms with Gasteiger partial charge in [-0.2, -0.15) is 0 Å². The summed E-state index contributed by atoms with van der Waals surface area (Å²) in [6.07, 6.45) is 3.28. The van der Waals surface area contributed by atoms with Gasteiger partial charge in [0.15, 0.2) is 0 Å². The van der Waals surface area contributed by atoms with Crippen molar-refractivity contribution in [3.05, 3.63) is 42.7 Å². The number of carboxylic acid groups (broad SMARTS) is 2. The molecular weight excluding hydrogens is 298 g/mol. The van der Waals surface area contributed by atoms with E-state index in [2.05, 4.69) is 9.97 Å². The summed E-state index contributed by atoms with van der Waals surface area (Å²) in [7, 11) is 0. The van der Waals surface area contributed by atoms with Crippen LogP contribution in [0.2, 0.25) is 0 Å². The highest BCUT2D eigenvalue weighted by Gasteiger charge is 2.18. The van der Waals surface area contributed by atoms with Crippen LogP contribution in [-0.4, -0.2) is 45.2 Å². The summed E-state index contributed by atoms with van der Waals surface area (Å²) in [5, 5.41) is 19.6. The normalized spacial score (nSPS) is 10.8. The van der Waals surface area contributed by atoms with Crippen LogP contribution in [0.5, 0.6) is 0 Å². The topological polar surface area (TPSA) is 104 Å². The Hall–Kier alpha value is -3.22. The zero-order valence-electron chi connectivity index (χ0n) is 12.0. The Morgan fingerprint density at radius 2 is 1.57 bits per heavy atom. The Labute approximate surface area is 130 Å². The molecule has 23 heavy (non-hydrogen) atoms. The maximum atomic E-state index is 11.1. The molecule has 2 heterocycles. The van der Waals surface area contributed by atoms with E-state index in [9.17, 15) is 9.59 Å². The van der Waals surface area contributed by atoms with Gasteiger partial charge in [0.25, 0.3) is 0 Å². The highest BCUT2D eigenvalue weighted by Crippen LogP contribution is 2.31. The lowest BCUT2D eigenvalue weighted by Gasteiger charge is -2.23. The van der Waals surface area contributed by atoms with Crippen LogP contribution in [0.15, 0.2) is 42.7 Å². The van der Waals surface area contributed by atoms with Gasteiger partial charge >= 0.3 is 11.9 Å². The molecule has 0 saturated carbocycles. The van der Waals surface area contributed by atoms with Gasteiger partial charge in [-0.25, -0.2) is 0 Å². The first-order valence-electron chi connectivity index (χ1n) is 6.87. The van der Waals surface area contributed by atoms with Crippen LogP contribution in [0.25, 0.3) is 21.8 Å². The maximum absolute atomic E-state index is 11.1. The standard InChI is InChI=1S/C16H13N3O4/c20-13(21)8-19(9-14(22)23)12-7-10-3-1-5-17-15(10)16-11(12)4-2-6-18-16/h1-7H,8-9H2,(H,20,21)(H,22,23). The van der Waals surface area contributed by atoms with E-state index in [1.165, 1.54) is 4.90 Å². The SMILES string of the molecule is O=C(O)CN(CC(=O)O)c1cc2cccnc2c2ncccc12. The molecule has 7 nitrogen and oxygen atoms in total. The minimum Gasteiger partial charge on any atom is -0.480 e. The molecule has 0 bridgehead atoms. The number of carbonyl (C=O) groups is 2. The highest BCUT2D eigenvalue weighted by atomic mass is 16.4. The van der Waals surface area contributed by atoms with Crippen LogP contribution in [0.4, 0.5) is 5.69 Å². The van der Waals surface area contributed by atoms with Gasteiger partial charge in [0.05, 0.1) is 11.0 Å². The largest absolute Gasteiger partial charge is 0.480 e. The summed E-state index contributed by atoms with van der Waals surface area (Å²) in [4.78, 5) is 32.2. The van der Waals surface area contributed by atoms with Gasteiger partial charge < -0.3 is 15.1 Å². The van der Waals surface area contributed by atoms with E-state index in [4.69, 9.17) is 10.2 Å². The lowest BCUT2D eigenvalue weighted by Crippen LogP contribution is -2.34. The summed E-state index contributed by atoms with van der Waals surface area (Å²) >= 11 is 0. The number of aromatic nitrogens is 2. The molecule has 0 radical (unpaired) electrons. The molecule has 0 unspecified atom stereocenters. The molecule has 2 aromatic heterocycles. The van der Waals surface area contributed by atoms with E-state index >= 15 is 0 Å². The fourth-order valence-electron chi connectivity index (χ4n) is 2.57. The average molecular weight is 311 g/mol. The zero-order chi connectivity index (χ0) is 16.4. The number of rotatable bonds is 5. The molecular formula is C16H13N3O4. The number of hydrogen-bond acceptors (Lipinski definition) is 5. The smallest absolute Gasteiger partial charge is 0.323 e. The summed E-state index contributed by atoms with van der Waals surface area (Å²) in [6.45, 7) is -0.829. The molecule has 0 atom stereocenters. The number of nitrogens with zero attached hydrogens (tertiary/aromatic N) is 3. The van der Waals surface area contributed by atoms with Crippen LogP contribution in [0.1, 0.15) is 0 Å². The van der Waals surface area contributed by atoms with Crippen molar-refractivity contribution in [3.8, 4) is 0 Å². The molecule has 3 aromatic rings. The molecule has 3 rings (SSSR count). The zero-order valence-corrected chi connectivity index (χ0v) is 12.0. The minimum absolute atomic E-state index is 0.415. The quantitative estimate of drug-likeness (QED) is 0.692. The number of hydrogen-bond donors (Lipinski definition) is 2. The summed E-state index contributed by atoms with van der Waals surface area (Å²) < 4.78 is 0. The van der Waals surface area contributed by atoms with Crippen molar-refractivity contribution in [2.24, 2.45) is 0 Å². The number of aliphatic carboxylic acids is 2. The predicted octanol–water partition coefficient (Wildman–Crippen LogP) is 1.76. The molecule has 2 N–H and O–H groups in total. The van der Waals surface area contributed by atoms with Gasteiger partial charge in [0.1, 0.15) is 13.1 Å². The predicted molar refractivity (Wildman–Crippen MR) is 84.5 cm³/mol. The highest BCUT2D eigenvalue weighted by molar-refractivity contribution is 6.09. The molecule has 116 valence electrons. The molecule has 1 aromatic carbocycles. The monoisotopic (exact) mass is 311 g/mol. The number of anilines is 1. The molecule has 0 saturated heterocycles. The molecule has 0 aliphatic rings. The Morgan fingerprint density at radius 3 is 2.22 bits per heavy atom. The summed E-state index contributed by atoms with van der Waals surface area (Å²) in [5.41, 5.74) is 1.82.